The van der Waals surface area contributed by atoms with Crippen LogP contribution in [-0.2, 0) is 27.3 Å². The minimum absolute atomic E-state index is 0.0105. The highest BCUT2D eigenvalue weighted by atomic mass is 16.7. The third-order valence-electron chi connectivity index (χ3n) is 6.91. The van der Waals surface area contributed by atoms with Crippen molar-refractivity contribution < 1.29 is 23.8 Å². The molecule has 0 saturated carbocycles. The van der Waals surface area contributed by atoms with Crippen LogP contribution in [0.1, 0.15) is 93.7 Å². The molecule has 0 aliphatic rings. The van der Waals surface area contributed by atoms with E-state index in [2.05, 4.69) is 43.0 Å². The van der Waals surface area contributed by atoms with Gasteiger partial charge in [-0.05, 0) is 83.9 Å². The highest BCUT2D eigenvalue weighted by molar-refractivity contribution is 5.69. The Morgan fingerprint density at radius 3 is 1.64 bits per heavy atom. The number of rotatable bonds is 14. The second-order valence-corrected chi connectivity index (χ2v) is 13.9. The molecule has 7 heteroatoms. The Labute approximate surface area is 266 Å². The first-order valence-electron chi connectivity index (χ1n) is 16.0. The fourth-order valence-corrected chi connectivity index (χ4v) is 5.27. The van der Waals surface area contributed by atoms with Crippen molar-refractivity contribution in [2.75, 3.05) is 0 Å². The summed E-state index contributed by atoms with van der Waals surface area (Å²) in [6, 6.07) is 20.1. The van der Waals surface area contributed by atoms with Crippen LogP contribution in [0.5, 0.6) is 0 Å². The highest BCUT2D eigenvalue weighted by Gasteiger charge is 2.39. The topological polar surface area (TPSA) is 68.3 Å². The van der Waals surface area contributed by atoms with Crippen molar-refractivity contribution in [3.63, 3.8) is 0 Å². The van der Waals surface area contributed by atoms with Crippen LogP contribution in [0.25, 0.3) is 0 Å². The van der Waals surface area contributed by atoms with Crippen molar-refractivity contribution in [2.24, 2.45) is 11.8 Å². The molecule has 0 fully saturated rings. The summed E-state index contributed by atoms with van der Waals surface area (Å²) in [4.78, 5) is 31.2. The number of ether oxygens (including phenoxy) is 3. The molecule has 0 aliphatic heterocycles. The van der Waals surface area contributed by atoms with Crippen LogP contribution in [0.2, 0.25) is 0 Å². The maximum atomic E-state index is 14.0. The van der Waals surface area contributed by atoms with Crippen LogP contribution in [-0.4, -0.2) is 51.9 Å². The molecular weight excluding hydrogens is 552 g/mol. The molecule has 0 radical (unpaired) electrons. The van der Waals surface area contributed by atoms with Crippen LogP contribution < -0.4 is 0 Å². The van der Waals surface area contributed by atoms with Crippen LogP contribution in [0.4, 0.5) is 9.59 Å². The zero-order valence-electron chi connectivity index (χ0n) is 28.9. The normalized spacial score (nSPS) is 13.9. The van der Waals surface area contributed by atoms with Crippen molar-refractivity contribution in [1.82, 2.24) is 9.80 Å². The van der Waals surface area contributed by atoms with E-state index in [1.165, 1.54) is 0 Å². The summed E-state index contributed by atoms with van der Waals surface area (Å²) in [5, 5.41) is 0. The molecule has 0 unspecified atom stereocenters. The number of carbonyl (C=O) groups is 2. The van der Waals surface area contributed by atoms with E-state index in [-0.39, 0.29) is 35.7 Å². The van der Waals surface area contributed by atoms with Crippen molar-refractivity contribution in [3.8, 4) is 0 Å². The molecular formula is C37H56N2O5. The second kappa shape index (κ2) is 17.2. The fraction of sp³-hybridized carbons (Fsp3) is 0.568. The molecule has 0 aromatic heterocycles. The zero-order chi connectivity index (χ0) is 33.0. The molecule has 2 atom stereocenters. The Morgan fingerprint density at radius 1 is 0.773 bits per heavy atom. The number of carbonyl (C=O) groups excluding carboxylic acids is 2. The van der Waals surface area contributed by atoms with Gasteiger partial charge in [-0.25, -0.2) is 9.59 Å². The molecule has 244 valence electrons. The van der Waals surface area contributed by atoms with Gasteiger partial charge in [-0.3, -0.25) is 4.90 Å². The fourth-order valence-electron chi connectivity index (χ4n) is 5.27. The van der Waals surface area contributed by atoms with Crippen LogP contribution in [0.15, 0.2) is 72.5 Å². The van der Waals surface area contributed by atoms with Crippen LogP contribution in [0, 0.1) is 11.8 Å². The first-order chi connectivity index (χ1) is 20.6. The summed E-state index contributed by atoms with van der Waals surface area (Å²) in [6.45, 7) is 22.8. The molecule has 7 nitrogen and oxygen atoms in total. The van der Waals surface area contributed by atoms with Gasteiger partial charge >= 0.3 is 12.2 Å². The van der Waals surface area contributed by atoms with Gasteiger partial charge in [-0.2, -0.15) is 0 Å². The summed E-state index contributed by atoms with van der Waals surface area (Å²) in [6.07, 6.45) is 0.403. The molecule has 2 aromatic carbocycles. The zero-order valence-corrected chi connectivity index (χ0v) is 28.9. The summed E-state index contributed by atoms with van der Waals surface area (Å²) >= 11 is 0. The second-order valence-electron chi connectivity index (χ2n) is 13.9. The van der Waals surface area contributed by atoms with E-state index < -0.39 is 24.0 Å². The predicted molar refractivity (Wildman–Crippen MR) is 178 cm³/mol. The van der Waals surface area contributed by atoms with Gasteiger partial charge in [-0.15, -0.1) is 0 Å². The number of hydrogen-bond donors (Lipinski definition) is 0. The molecule has 0 heterocycles. The largest absolute Gasteiger partial charge is 0.514 e. The molecule has 2 aromatic rings. The van der Waals surface area contributed by atoms with E-state index >= 15 is 0 Å². The Kier molecular flexibility index (Phi) is 14.4. The number of hydrogen-bond acceptors (Lipinski definition) is 6. The number of amides is 1. The van der Waals surface area contributed by atoms with E-state index in [1.54, 1.807) is 25.7 Å². The lowest BCUT2D eigenvalue weighted by molar-refractivity contribution is -0.0345. The van der Waals surface area contributed by atoms with Gasteiger partial charge in [0.2, 0.25) is 0 Å². The molecule has 2 rings (SSSR count). The molecule has 0 saturated heterocycles. The van der Waals surface area contributed by atoms with Crippen molar-refractivity contribution >= 4 is 12.2 Å². The molecule has 1 amide bonds. The summed E-state index contributed by atoms with van der Waals surface area (Å²) in [7, 11) is 0. The highest BCUT2D eigenvalue weighted by Crippen LogP contribution is 2.29. The average Bonchev–Trinajstić information content (AvgIpc) is 2.89. The first-order valence-corrected chi connectivity index (χ1v) is 16.0. The standard InChI is InChI=1S/C37H56N2O5/c1-26(2)22-32(38(24-30-18-14-12-15-19-30)25-31-20-16-13-17-21-31)34(43-35(40)39(28(5)6)29(7)8)33(23-27(3)4)42-36(41)44-37(9,10)11/h12-21,23,26-29,32,34H,22,24-25H2,1-11H3/b33-23-/t32-,34-/m0/s1. The number of allylic oxidation sites excluding steroid dienone is 1. The Morgan fingerprint density at radius 2 is 1.25 bits per heavy atom. The quantitative estimate of drug-likeness (QED) is 0.157. The first kappa shape index (κ1) is 36.9. The smallest absolute Gasteiger partial charge is 0.436 e. The SMILES string of the molecule is CC(C)/C=C(\OC(=O)OC(C)(C)C)[C@@H](OC(=O)N(C(C)C)C(C)C)[C@H](CC(C)C)N(Cc1ccccc1)Cc1ccccc1. The van der Waals surface area contributed by atoms with Gasteiger partial charge in [0.05, 0.1) is 6.04 Å². The summed E-state index contributed by atoms with van der Waals surface area (Å²) in [5.41, 5.74) is 1.52. The minimum Gasteiger partial charge on any atom is -0.436 e. The van der Waals surface area contributed by atoms with E-state index in [9.17, 15) is 9.59 Å². The van der Waals surface area contributed by atoms with Gasteiger partial charge in [0.25, 0.3) is 0 Å². The third-order valence-corrected chi connectivity index (χ3v) is 6.91. The molecule has 0 aliphatic carbocycles. The van der Waals surface area contributed by atoms with Crippen molar-refractivity contribution in [2.45, 2.75) is 126 Å². The minimum atomic E-state index is -0.882. The molecule has 44 heavy (non-hydrogen) atoms. The Hall–Kier alpha value is -3.32. The maximum absolute atomic E-state index is 14.0. The van der Waals surface area contributed by atoms with Gasteiger partial charge in [0.1, 0.15) is 11.4 Å². The van der Waals surface area contributed by atoms with E-state index in [4.69, 9.17) is 14.2 Å². The van der Waals surface area contributed by atoms with Gasteiger partial charge in [0, 0.05) is 25.2 Å². The summed E-state index contributed by atoms with van der Waals surface area (Å²) < 4.78 is 18.1. The monoisotopic (exact) mass is 608 g/mol. The number of nitrogens with zero attached hydrogens (tertiary/aromatic N) is 2. The van der Waals surface area contributed by atoms with E-state index in [1.807, 2.05) is 84.0 Å². The van der Waals surface area contributed by atoms with Gasteiger partial charge in [-0.1, -0.05) is 88.4 Å². The lowest BCUT2D eigenvalue weighted by Gasteiger charge is -2.40. The third kappa shape index (κ3) is 12.7. The van der Waals surface area contributed by atoms with Crippen molar-refractivity contribution in [1.29, 1.82) is 0 Å². The predicted octanol–water partition coefficient (Wildman–Crippen LogP) is 9.22. The van der Waals surface area contributed by atoms with E-state index in [0.717, 1.165) is 11.1 Å². The molecule has 0 bridgehead atoms. The van der Waals surface area contributed by atoms with E-state index in [0.29, 0.717) is 19.5 Å². The summed E-state index contributed by atoms with van der Waals surface area (Å²) in [5.74, 6) is 0.548. The van der Waals surface area contributed by atoms with Gasteiger partial charge < -0.3 is 19.1 Å². The Bertz CT molecular complexity index is 1120. The molecule has 0 spiro atoms. The maximum Gasteiger partial charge on any atom is 0.514 e. The Balaban J connectivity index is 2.75. The molecule has 0 N–H and O–H groups in total. The number of benzene rings is 2. The lowest BCUT2D eigenvalue weighted by Crippen LogP contribution is -2.50. The van der Waals surface area contributed by atoms with Gasteiger partial charge in [0.15, 0.2) is 6.10 Å². The average molecular weight is 609 g/mol. The van der Waals surface area contributed by atoms with Crippen LogP contribution >= 0.6 is 0 Å². The lowest BCUT2D eigenvalue weighted by atomic mass is 9.94. The van der Waals surface area contributed by atoms with Crippen LogP contribution in [0.3, 0.4) is 0 Å². The van der Waals surface area contributed by atoms with Crippen molar-refractivity contribution in [3.05, 3.63) is 83.6 Å².